The third kappa shape index (κ3) is 2.98. The quantitative estimate of drug-likeness (QED) is 0.577. The van der Waals surface area contributed by atoms with E-state index in [1.807, 2.05) is 54.1 Å². The Hall–Kier alpha value is -3.68. The van der Waals surface area contributed by atoms with Crippen LogP contribution in [0.1, 0.15) is 18.3 Å². The molecule has 0 unspecified atom stereocenters. The normalized spacial score (nSPS) is 12.5. The van der Waals surface area contributed by atoms with Crippen LogP contribution in [0.3, 0.4) is 0 Å². The van der Waals surface area contributed by atoms with Crippen molar-refractivity contribution < 1.29 is 9.47 Å². The largest absolute Gasteiger partial charge is 0.454 e. The Morgan fingerprint density at radius 1 is 1.07 bits per heavy atom. The van der Waals surface area contributed by atoms with Crippen LogP contribution in [0.4, 0.5) is 0 Å². The molecule has 0 bridgehead atoms. The minimum absolute atomic E-state index is 0.262. The van der Waals surface area contributed by atoms with Crippen LogP contribution in [0.25, 0.3) is 22.9 Å². The van der Waals surface area contributed by atoms with Gasteiger partial charge in [-0.05, 0) is 35.9 Å². The van der Waals surface area contributed by atoms with E-state index >= 15 is 0 Å². The Morgan fingerprint density at radius 3 is 2.86 bits per heavy atom. The Morgan fingerprint density at radius 2 is 2.00 bits per heavy atom. The summed E-state index contributed by atoms with van der Waals surface area (Å²) in [5.74, 6) is 3.05. The fourth-order valence-corrected chi connectivity index (χ4v) is 3.14. The minimum Gasteiger partial charge on any atom is -0.454 e. The van der Waals surface area contributed by atoms with Crippen molar-refractivity contribution in [3.05, 3.63) is 60.0 Å². The molecule has 0 atom stereocenters. The monoisotopic (exact) mass is 374 g/mol. The number of nitrogens with zero attached hydrogens (tertiary/aromatic N) is 5. The number of aromatic amines is 1. The van der Waals surface area contributed by atoms with Gasteiger partial charge in [0, 0.05) is 12.6 Å². The zero-order chi connectivity index (χ0) is 18.9. The van der Waals surface area contributed by atoms with Crippen LogP contribution in [-0.2, 0) is 13.0 Å². The standard InChI is InChI=1S/C20H18N6O2/c1-2-19-22-20(16-10-15(23-24-16)14-5-3-4-8-21-14)26(25-19)11-13-6-7-17-18(9-13)28-12-27-17/h3-10H,2,11-12H2,1H3,(H,23,24). The van der Waals surface area contributed by atoms with Gasteiger partial charge in [0.2, 0.25) is 6.79 Å². The predicted octanol–water partition coefficient (Wildman–Crippen LogP) is 3.07. The maximum atomic E-state index is 5.48. The Labute approximate surface area is 161 Å². The van der Waals surface area contributed by atoms with Crippen LogP contribution < -0.4 is 9.47 Å². The molecular weight excluding hydrogens is 356 g/mol. The maximum Gasteiger partial charge on any atom is 0.231 e. The highest BCUT2D eigenvalue weighted by Gasteiger charge is 2.17. The van der Waals surface area contributed by atoms with Gasteiger partial charge in [0.25, 0.3) is 0 Å². The number of aryl methyl sites for hydroxylation is 1. The molecule has 0 saturated carbocycles. The van der Waals surface area contributed by atoms with Gasteiger partial charge in [-0.2, -0.15) is 10.2 Å². The van der Waals surface area contributed by atoms with Crippen molar-refractivity contribution in [2.45, 2.75) is 19.9 Å². The molecule has 4 heterocycles. The van der Waals surface area contributed by atoms with Crippen LogP contribution in [0, 0.1) is 0 Å². The second-order valence-electron chi connectivity index (χ2n) is 6.43. The highest BCUT2D eigenvalue weighted by molar-refractivity contribution is 5.62. The van der Waals surface area contributed by atoms with Gasteiger partial charge in [-0.25, -0.2) is 9.67 Å². The summed E-state index contributed by atoms with van der Waals surface area (Å²) in [5.41, 5.74) is 3.44. The number of H-pyrrole nitrogens is 1. The average molecular weight is 374 g/mol. The van der Waals surface area contributed by atoms with E-state index in [-0.39, 0.29) is 6.79 Å². The number of aromatic nitrogens is 6. The summed E-state index contributed by atoms with van der Waals surface area (Å²) in [5, 5.41) is 12.1. The third-order valence-corrected chi connectivity index (χ3v) is 4.55. The molecule has 1 aromatic carbocycles. The van der Waals surface area contributed by atoms with Gasteiger partial charge in [-0.1, -0.05) is 19.1 Å². The molecule has 0 aliphatic carbocycles. The lowest BCUT2D eigenvalue weighted by atomic mass is 10.2. The first-order chi connectivity index (χ1) is 13.8. The number of pyridine rings is 1. The smallest absolute Gasteiger partial charge is 0.231 e. The molecule has 1 N–H and O–H groups in total. The second-order valence-corrected chi connectivity index (χ2v) is 6.43. The Balaban J connectivity index is 1.49. The average Bonchev–Trinajstić information content (AvgIpc) is 3.47. The zero-order valence-corrected chi connectivity index (χ0v) is 15.3. The van der Waals surface area contributed by atoms with Crippen LogP contribution in [0.15, 0.2) is 48.7 Å². The van der Waals surface area contributed by atoms with Gasteiger partial charge in [0.1, 0.15) is 11.4 Å². The van der Waals surface area contributed by atoms with Crippen LogP contribution >= 0.6 is 0 Å². The van der Waals surface area contributed by atoms with Crippen molar-refractivity contribution in [3.8, 4) is 34.4 Å². The van der Waals surface area contributed by atoms with Crippen molar-refractivity contribution >= 4 is 0 Å². The molecule has 5 rings (SSSR count). The topological polar surface area (TPSA) is 90.7 Å². The predicted molar refractivity (Wildman–Crippen MR) is 102 cm³/mol. The molecule has 140 valence electrons. The van der Waals surface area contributed by atoms with E-state index in [0.717, 1.165) is 52.2 Å². The number of fused-ring (bicyclic) bond motifs is 1. The Kier molecular flexibility index (Phi) is 4.01. The first kappa shape index (κ1) is 16.5. The number of hydrogen-bond donors (Lipinski definition) is 1. The number of benzene rings is 1. The zero-order valence-electron chi connectivity index (χ0n) is 15.3. The fraction of sp³-hybridized carbons (Fsp3) is 0.200. The highest BCUT2D eigenvalue weighted by atomic mass is 16.7. The van der Waals surface area contributed by atoms with Crippen molar-refractivity contribution in [1.82, 2.24) is 29.9 Å². The van der Waals surface area contributed by atoms with E-state index in [0.29, 0.717) is 6.54 Å². The van der Waals surface area contributed by atoms with Crippen LogP contribution in [0.5, 0.6) is 11.5 Å². The van der Waals surface area contributed by atoms with E-state index in [4.69, 9.17) is 9.47 Å². The molecule has 0 spiro atoms. The van der Waals surface area contributed by atoms with Gasteiger partial charge in [-0.15, -0.1) is 0 Å². The van der Waals surface area contributed by atoms with Crippen LogP contribution in [-0.4, -0.2) is 36.7 Å². The van der Waals surface area contributed by atoms with E-state index in [1.165, 1.54) is 0 Å². The maximum absolute atomic E-state index is 5.48. The highest BCUT2D eigenvalue weighted by Crippen LogP contribution is 2.33. The summed E-state index contributed by atoms with van der Waals surface area (Å²) in [4.78, 5) is 9.03. The summed E-state index contributed by atoms with van der Waals surface area (Å²) in [6.45, 7) is 2.87. The SMILES string of the molecule is CCc1nc(-c2cc(-c3ccccn3)n[nH]2)n(Cc2ccc3c(c2)OCO3)n1. The van der Waals surface area contributed by atoms with Gasteiger partial charge in [-0.3, -0.25) is 10.1 Å². The molecule has 8 nitrogen and oxygen atoms in total. The molecule has 3 aromatic heterocycles. The van der Waals surface area contributed by atoms with E-state index in [9.17, 15) is 0 Å². The van der Waals surface area contributed by atoms with Gasteiger partial charge in [0.15, 0.2) is 23.1 Å². The lowest BCUT2D eigenvalue weighted by Gasteiger charge is -2.06. The van der Waals surface area contributed by atoms with E-state index < -0.39 is 0 Å². The molecule has 1 aliphatic rings. The van der Waals surface area contributed by atoms with Crippen LogP contribution in [0.2, 0.25) is 0 Å². The summed E-state index contributed by atoms with van der Waals surface area (Å²) < 4.78 is 12.7. The first-order valence-corrected chi connectivity index (χ1v) is 9.09. The van der Waals surface area contributed by atoms with E-state index in [1.54, 1.807) is 6.20 Å². The van der Waals surface area contributed by atoms with Gasteiger partial charge >= 0.3 is 0 Å². The minimum atomic E-state index is 0.262. The summed E-state index contributed by atoms with van der Waals surface area (Å²) >= 11 is 0. The molecule has 1 aliphatic heterocycles. The van der Waals surface area contributed by atoms with Gasteiger partial charge < -0.3 is 9.47 Å². The molecule has 8 heteroatoms. The first-order valence-electron chi connectivity index (χ1n) is 9.09. The molecule has 0 amide bonds. The van der Waals surface area contributed by atoms with E-state index in [2.05, 4.69) is 25.3 Å². The second kappa shape index (κ2) is 6.80. The summed E-state index contributed by atoms with van der Waals surface area (Å²) in [6, 6.07) is 13.6. The molecule has 28 heavy (non-hydrogen) atoms. The number of hydrogen-bond acceptors (Lipinski definition) is 6. The molecule has 4 aromatic rings. The van der Waals surface area contributed by atoms with Gasteiger partial charge in [0.05, 0.1) is 12.2 Å². The van der Waals surface area contributed by atoms with Crippen molar-refractivity contribution in [3.63, 3.8) is 0 Å². The fourth-order valence-electron chi connectivity index (χ4n) is 3.14. The molecular formula is C20H18N6O2. The summed E-state index contributed by atoms with van der Waals surface area (Å²) in [6.07, 6.45) is 2.50. The van der Waals surface area contributed by atoms with Crippen molar-refractivity contribution in [2.24, 2.45) is 0 Å². The molecule has 0 saturated heterocycles. The summed E-state index contributed by atoms with van der Waals surface area (Å²) in [7, 11) is 0. The number of nitrogens with one attached hydrogen (secondary N) is 1. The third-order valence-electron chi connectivity index (χ3n) is 4.55. The molecule has 0 radical (unpaired) electrons. The number of ether oxygens (including phenoxy) is 2. The number of rotatable bonds is 5. The lowest BCUT2D eigenvalue weighted by Crippen LogP contribution is -2.04. The Bertz CT molecular complexity index is 1120. The lowest BCUT2D eigenvalue weighted by molar-refractivity contribution is 0.174. The molecule has 0 fully saturated rings. The van der Waals surface area contributed by atoms with Crippen molar-refractivity contribution in [2.75, 3.05) is 6.79 Å². The van der Waals surface area contributed by atoms with Crippen molar-refractivity contribution in [1.29, 1.82) is 0 Å².